The zero-order valence-electron chi connectivity index (χ0n) is 14.0. The average molecular weight is 339 g/mol. The molecular formula is C15H33NO5S. The van der Waals surface area contributed by atoms with Crippen molar-refractivity contribution in [2.45, 2.75) is 83.3 Å². The van der Waals surface area contributed by atoms with Gasteiger partial charge in [-0.15, -0.1) is 0 Å². The molecule has 22 heavy (non-hydrogen) atoms. The molecule has 0 amide bonds. The first kappa shape index (κ1) is 23.6. The fourth-order valence-electron chi connectivity index (χ4n) is 1.71. The van der Waals surface area contributed by atoms with Crippen molar-refractivity contribution in [2.75, 3.05) is 6.54 Å². The maximum absolute atomic E-state index is 10.2. The van der Waals surface area contributed by atoms with Crippen molar-refractivity contribution in [3.8, 4) is 0 Å². The first-order valence-electron chi connectivity index (χ1n) is 8.13. The Hall–Kier alpha value is -0.660. The van der Waals surface area contributed by atoms with Gasteiger partial charge in [-0.2, -0.15) is 8.42 Å². The molecule has 0 aliphatic carbocycles. The van der Waals surface area contributed by atoms with E-state index in [1.807, 2.05) is 0 Å². The number of carbonyl (C=O) groups is 1. The predicted molar refractivity (Wildman–Crippen MR) is 89.5 cm³/mol. The normalized spacial score (nSPS) is 12.4. The molecule has 0 rings (SSSR count). The van der Waals surface area contributed by atoms with Crippen LogP contribution in [0.1, 0.15) is 78.1 Å². The highest BCUT2D eigenvalue weighted by atomic mass is 32.2. The quantitative estimate of drug-likeness (QED) is 0.371. The molecule has 0 saturated heterocycles. The van der Waals surface area contributed by atoms with E-state index in [0.29, 0.717) is 6.42 Å². The highest BCUT2D eigenvalue weighted by Gasteiger charge is 2.13. The van der Waals surface area contributed by atoms with Gasteiger partial charge >= 0.3 is 5.97 Å². The van der Waals surface area contributed by atoms with Crippen molar-refractivity contribution in [2.24, 2.45) is 5.73 Å². The summed E-state index contributed by atoms with van der Waals surface area (Å²) in [5.41, 5.74) is 4.92. The Kier molecular flexibility index (Phi) is 16.4. The van der Waals surface area contributed by atoms with Crippen LogP contribution in [0.2, 0.25) is 0 Å². The molecule has 0 saturated carbocycles. The summed E-state index contributed by atoms with van der Waals surface area (Å²) in [4.78, 5) is 10.2. The minimum Gasteiger partial charge on any atom is -0.481 e. The van der Waals surface area contributed by atoms with Gasteiger partial charge in [0.25, 0.3) is 10.1 Å². The molecule has 0 heterocycles. The maximum atomic E-state index is 10.2. The molecule has 4 N–H and O–H groups in total. The van der Waals surface area contributed by atoms with E-state index in [1.54, 1.807) is 0 Å². The number of hydrogen-bond donors (Lipinski definition) is 3. The smallest absolute Gasteiger partial charge is 0.303 e. The molecule has 0 aromatic heterocycles. The lowest BCUT2D eigenvalue weighted by atomic mass is 10.1. The molecule has 0 aliphatic heterocycles. The average Bonchev–Trinajstić information content (AvgIpc) is 2.44. The second kappa shape index (κ2) is 15.2. The third-order valence-electron chi connectivity index (χ3n) is 3.33. The Morgan fingerprint density at radius 1 is 1.00 bits per heavy atom. The summed E-state index contributed by atoms with van der Waals surface area (Å²) in [7, 11) is -3.88. The minimum absolute atomic E-state index is 0.0428. The summed E-state index contributed by atoms with van der Waals surface area (Å²) in [6.07, 6.45) is 11.5. The molecule has 0 fully saturated rings. The fourth-order valence-corrected chi connectivity index (χ4v) is 1.95. The van der Waals surface area contributed by atoms with Crippen LogP contribution in [-0.4, -0.2) is 35.8 Å². The summed E-state index contributed by atoms with van der Waals surface area (Å²) < 4.78 is 28.3. The summed E-state index contributed by atoms with van der Waals surface area (Å²) in [5.74, 6) is -0.659. The molecule has 0 spiro atoms. The van der Waals surface area contributed by atoms with E-state index in [9.17, 15) is 13.2 Å². The topological polar surface area (TPSA) is 118 Å². The van der Waals surface area contributed by atoms with Crippen LogP contribution in [0.4, 0.5) is 0 Å². The molecule has 6 nitrogen and oxygen atoms in total. The number of carboxylic acid groups (broad SMARTS) is 1. The SMILES string of the molecule is CC(CN)S(=O)(=O)O.CCCCCCCCCCCC(=O)O. The van der Waals surface area contributed by atoms with E-state index < -0.39 is 21.3 Å². The molecule has 0 aromatic carbocycles. The van der Waals surface area contributed by atoms with Gasteiger partial charge in [-0.1, -0.05) is 58.3 Å². The van der Waals surface area contributed by atoms with Crippen LogP contribution in [0.5, 0.6) is 0 Å². The maximum Gasteiger partial charge on any atom is 0.303 e. The Labute approximate surface area is 135 Å². The molecule has 0 aromatic rings. The molecule has 7 heteroatoms. The van der Waals surface area contributed by atoms with Crippen LogP contribution in [0, 0.1) is 0 Å². The summed E-state index contributed by atoms with van der Waals surface area (Å²) in [6, 6.07) is 0. The van der Waals surface area contributed by atoms with Gasteiger partial charge in [-0.05, 0) is 13.3 Å². The van der Waals surface area contributed by atoms with Gasteiger partial charge in [0.2, 0.25) is 0 Å². The van der Waals surface area contributed by atoms with Crippen molar-refractivity contribution in [3.05, 3.63) is 0 Å². The molecule has 0 radical (unpaired) electrons. The van der Waals surface area contributed by atoms with E-state index in [4.69, 9.17) is 15.4 Å². The van der Waals surface area contributed by atoms with Gasteiger partial charge in [-0.3, -0.25) is 9.35 Å². The van der Waals surface area contributed by atoms with Gasteiger partial charge in [0.15, 0.2) is 0 Å². The van der Waals surface area contributed by atoms with E-state index in [2.05, 4.69) is 6.92 Å². The van der Waals surface area contributed by atoms with Crippen LogP contribution >= 0.6 is 0 Å². The van der Waals surface area contributed by atoms with Crippen LogP contribution < -0.4 is 5.73 Å². The zero-order valence-corrected chi connectivity index (χ0v) is 14.8. The van der Waals surface area contributed by atoms with E-state index >= 15 is 0 Å². The lowest BCUT2D eigenvalue weighted by molar-refractivity contribution is -0.137. The van der Waals surface area contributed by atoms with Crippen molar-refractivity contribution in [3.63, 3.8) is 0 Å². The number of carboxylic acids is 1. The molecule has 0 bridgehead atoms. The number of hydrogen-bond acceptors (Lipinski definition) is 4. The largest absolute Gasteiger partial charge is 0.481 e. The molecule has 134 valence electrons. The predicted octanol–water partition coefficient (Wildman–Crippen LogP) is 3.21. The Morgan fingerprint density at radius 2 is 1.41 bits per heavy atom. The van der Waals surface area contributed by atoms with Crippen LogP contribution in [-0.2, 0) is 14.9 Å². The lowest BCUT2D eigenvalue weighted by Crippen LogP contribution is -2.25. The lowest BCUT2D eigenvalue weighted by Gasteiger charge is -2.00. The highest BCUT2D eigenvalue weighted by molar-refractivity contribution is 7.86. The molecule has 1 atom stereocenters. The first-order chi connectivity index (χ1) is 10.3. The van der Waals surface area contributed by atoms with Crippen molar-refractivity contribution < 1.29 is 22.9 Å². The third kappa shape index (κ3) is 19.3. The molecule has 1 unspecified atom stereocenters. The number of aliphatic carboxylic acids is 1. The third-order valence-corrected chi connectivity index (χ3v) is 4.54. The number of unbranched alkanes of at least 4 members (excludes halogenated alkanes) is 8. The molecule has 0 aliphatic rings. The van der Waals surface area contributed by atoms with Gasteiger partial charge in [-0.25, -0.2) is 0 Å². The van der Waals surface area contributed by atoms with Crippen LogP contribution in [0.3, 0.4) is 0 Å². The monoisotopic (exact) mass is 339 g/mol. The van der Waals surface area contributed by atoms with Crippen LogP contribution in [0.15, 0.2) is 0 Å². The number of rotatable bonds is 12. The van der Waals surface area contributed by atoms with E-state index in [-0.39, 0.29) is 6.54 Å². The van der Waals surface area contributed by atoms with Crippen molar-refractivity contribution in [1.82, 2.24) is 0 Å². The Balaban J connectivity index is 0. The van der Waals surface area contributed by atoms with Crippen molar-refractivity contribution >= 4 is 16.1 Å². The first-order valence-corrected chi connectivity index (χ1v) is 9.64. The van der Waals surface area contributed by atoms with E-state index in [1.165, 1.54) is 51.9 Å². The summed E-state index contributed by atoms with van der Waals surface area (Å²) in [6.45, 7) is 3.53. The minimum atomic E-state index is -3.88. The van der Waals surface area contributed by atoms with Gasteiger partial charge < -0.3 is 10.8 Å². The second-order valence-electron chi connectivity index (χ2n) is 5.53. The van der Waals surface area contributed by atoms with E-state index in [0.717, 1.165) is 12.8 Å². The van der Waals surface area contributed by atoms with Gasteiger partial charge in [0.05, 0.1) is 5.25 Å². The van der Waals surface area contributed by atoms with Crippen LogP contribution in [0.25, 0.3) is 0 Å². The standard InChI is InChI=1S/C12H24O2.C3H9NO3S/c1-2-3-4-5-6-7-8-9-10-11-12(13)14;1-3(2-4)8(5,6)7/h2-11H2,1H3,(H,13,14);3H,2,4H2,1H3,(H,5,6,7). The summed E-state index contributed by atoms with van der Waals surface area (Å²) >= 11 is 0. The second-order valence-corrected chi connectivity index (χ2v) is 7.37. The van der Waals surface area contributed by atoms with Gasteiger partial charge in [0, 0.05) is 13.0 Å². The number of nitrogens with two attached hydrogens (primary N) is 1. The molecular weight excluding hydrogens is 306 g/mol. The highest BCUT2D eigenvalue weighted by Crippen LogP contribution is 2.10. The summed E-state index contributed by atoms with van der Waals surface area (Å²) in [5, 5.41) is 7.57. The zero-order chi connectivity index (χ0) is 17.4. The van der Waals surface area contributed by atoms with Crippen molar-refractivity contribution in [1.29, 1.82) is 0 Å². The Bertz CT molecular complexity index is 357. The fraction of sp³-hybridized carbons (Fsp3) is 0.933. The van der Waals surface area contributed by atoms with Gasteiger partial charge in [0.1, 0.15) is 0 Å². The Morgan fingerprint density at radius 3 is 1.68 bits per heavy atom.